The lowest BCUT2D eigenvalue weighted by Gasteiger charge is -2.29. The van der Waals surface area contributed by atoms with Gasteiger partial charge in [0.2, 0.25) is 5.91 Å². The third-order valence-corrected chi connectivity index (χ3v) is 3.53. The number of halogens is 1. The summed E-state index contributed by atoms with van der Waals surface area (Å²) < 4.78 is 5.47. The smallest absolute Gasteiger partial charge is 0.251 e. The Kier molecular flexibility index (Phi) is 8.02. The normalized spacial score (nSPS) is 20.3. The van der Waals surface area contributed by atoms with Crippen molar-refractivity contribution >= 4 is 29.9 Å². The Balaban J connectivity index is 0.00000264. The van der Waals surface area contributed by atoms with Crippen molar-refractivity contribution < 1.29 is 14.3 Å². The molecular formula is C16H24ClN3O3. The first kappa shape index (κ1) is 19.4. The highest BCUT2D eigenvalue weighted by atomic mass is 35.5. The molecule has 0 unspecified atom stereocenters. The van der Waals surface area contributed by atoms with E-state index in [-0.39, 0.29) is 36.4 Å². The van der Waals surface area contributed by atoms with E-state index in [2.05, 4.69) is 16.0 Å². The van der Waals surface area contributed by atoms with Gasteiger partial charge in [-0.15, -0.1) is 12.4 Å². The van der Waals surface area contributed by atoms with Crippen molar-refractivity contribution in [2.24, 2.45) is 0 Å². The largest absolute Gasteiger partial charge is 0.375 e. The highest BCUT2D eigenvalue weighted by Crippen LogP contribution is 2.13. The average Bonchev–Trinajstić information content (AvgIpc) is 2.53. The predicted octanol–water partition coefficient (Wildman–Crippen LogP) is 1.56. The van der Waals surface area contributed by atoms with Gasteiger partial charge in [-0.05, 0) is 31.5 Å². The van der Waals surface area contributed by atoms with Gasteiger partial charge < -0.3 is 20.7 Å². The quantitative estimate of drug-likeness (QED) is 0.759. The number of anilines is 1. The first-order chi connectivity index (χ1) is 10.6. The first-order valence-corrected chi connectivity index (χ1v) is 7.66. The maximum Gasteiger partial charge on any atom is 0.251 e. The van der Waals surface area contributed by atoms with Crippen LogP contribution in [0.15, 0.2) is 24.3 Å². The summed E-state index contributed by atoms with van der Waals surface area (Å²) in [5.41, 5.74) is 1.14. The van der Waals surface area contributed by atoms with Crippen LogP contribution in [0, 0.1) is 0 Å². The van der Waals surface area contributed by atoms with Gasteiger partial charge in [0.15, 0.2) is 0 Å². The van der Waals surface area contributed by atoms with Crippen LogP contribution in [0.4, 0.5) is 5.69 Å². The van der Waals surface area contributed by atoms with Crippen LogP contribution in [0.3, 0.4) is 0 Å². The number of amides is 2. The Morgan fingerprint density at radius 1 is 1.39 bits per heavy atom. The lowest BCUT2D eigenvalue weighted by atomic mass is 10.1. The van der Waals surface area contributed by atoms with E-state index in [1.54, 1.807) is 24.3 Å². The second kappa shape index (κ2) is 9.50. The molecule has 0 bridgehead atoms. The molecule has 2 rings (SSSR count). The van der Waals surface area contributed by atoms with E-state index in [1.165, 1.54) is 0 Å². The molecule has 0 spiro atoms. The summed E-state index contributed by atoms with van der Waals surface area (Å²) in [6, 6.07) is 6.54. The minimum Gasteiger partial charge on any atom is -0.375 e. The lowest BCUT2D eigenvalue weighted by molar-refractivity contribution is -0.123. The fraction of sp³-hybridized carbons (Fsp3) is 0.500. The molecule has 0 aliphatic carbocycles. The molecule has 2 amide bonds. The van der Waals surface area contributed by atoms with Crippen LogP contribution in [0.25, 0.3) is 0 Å². The fourth-order valence-electron chi connectivity index (χ4n) is 2.33. The van der Waals surface area contributed by atoms with Gasteiger partial charge in [0.25, 0.3) is 5.91 Å². The van der Waals surface area contributed by atoms with Crippen LogP contribution < -0.4 is 16.0 Å². The maximum absolute atomic E-state index is 12.3. The van der Waals surface area contributed by atoms with Crippen molar-refractivity contribution in [1.82, 2.24) is 10.6 Å². The highest BCUT2D eigenvalue weighted by molar-refractivity contribution is 5.98. The monoisotopic (exact) mass is 341 g/mol. The standard InChI is InChI=1S/C16H23N3O3.ClH/c1-3-7-18-15(20)12-5-4-6-13(10-12)19-16(21)14-11(2)22-9-8-17-14;/h4-6,10-11,14,17H,3,7-9H2,1-2H3,(H,18,20)(H,19,21);1H/t11-,14+;/m1./s1. The number of nitrogens with one attached hydrogen (secondary N) is 3. The van der Waals surface area contributed by atoms with Gasteiger partial charge in [0.05, 0.1) is 12.7 Å². The van der Waals surface area contributed by atoms with Crippen molar-refractivity contribution in [1.29, 1.82) is 0 Å². The van der Waals surface area contributed by atoms with Crippen LogP contribution >= 0.6 is 12.4 Å². The molecule has 1 aliphatic heterocycles. The zero-order chi connectivity index (χ0) is 15.9. The summed E-state index contributed by atoms with van der Waals surface area (Å²) in [4.78, 5) is 24.2. The Hall–Kier alpha value is -1.63. The number of hydrogen-bond donors (Lipinski definition) is 3. The van der Waals surface area contributed by atoms with Crippen LogP contribution in [0.1, 0.15) is 30.6 Å². The zero-order valence-corrected chi connectivity index (χ0v) is 14.2. The summed E-state index contributed by atoms with van der Waals surface area (Å²) in [6.45, 7) is 5.76. The Labute approximate surface area is 142 Å². The van der Waals surface area contributed by atoms with Gasteiger partial charge in [-0.3, -0.25) is 9.59 Å². The molecule has 128 valence electrons. The molecule has 0 radical (unpaired) electrons. The van der Waals surface area contributed by atoms with Crippen LogP contribution in [-0.4, -0.2) is 43.7 Å². The Morgan fingerprint density at radius 3 is 2.87 bits per heavy atom. The first-order valence-electron chi connectivity index (χ1n) is 7.66. The van der Waals surface area contributed by atoms with Crippen molar-refractivity contribution in [3.63, 3.8) is 0 Å². The highest BCUT2D eigenvalue weighted by Gasteiger charge is 2.28. The summed E-state index contributed by atoms with van der Waals surface area (Å²) in [5.74, 6) is -0.288. The molecule has 1 saturated heterocycles. The maximum atomic E-state index is 12.3. The van der Waals surface area contributed by atoms with Gasteiger partial charge in [-0.1, -0.05) is 13.0 Å². The third-order valence-electron chi connectivity index (χ3n) is 3.53. The van der Waals surface area contributed by atoms with E-state index in [9.17, 15) is 9.59 Å². The molecule has 1 aromatic carbocycles. The molecule has 1 aromatic rings. The van der Waals surface area contributed by atoms with Crippen molar-refractivity contribution in [2.75, 3.05) is 25.0 Å². The summed E-state index contributed by atoms with van der Waals surface area (Å²) in [5, 5.41) is 8.79. The molecule has 6 nitrogen and oxygen atoms in total. The lowest BCUT2D eigenvalue weighted by Crippen LogP contribution is -2.53. The van der Waals surface area contributed by atoms with Gasteiger partial charge in [0, 0.05) is 24.3 Å². The van der Waals surface area contributed by atoms with E-state index in [0.29, 0.717) is 30.9 Å². The van der Waals surface area contributed by atoms with Gasteiger partial charge >= 0.3 is 0 Å². The average molecular weight is 342 g/mol. The van der Waals surface area contributed by atoms with Crippen LogP contribution in [0.2, 0.25) is 0 Å². The molecule has 7 heteroatoms. The Bertz CT molecular complexity index is 539. The van der Waals surface area contributed by atoms with Crippen molar-refractivity contribution in [3.8, 4) is 0 Å². The summed E-state index contributed by atoms with van der Waals surface area (Å²) >= 11 is 0. The fourth-order valence-corrected chi connectivity index (χ4v) is 2.33. The Morgan fingerprint density at radius 2 is 2.17 bits per heavy atom. The number of ether oxygens (including phenoxy) is 1. The zero-order valence-electron chi connectivity index (χ0n) is 13.4. The molecule has 3 N–H and O–H groups in total. The minimum absolute atomic E-state index is 0. The molecule has 0 aromatic heterocycles. The van der Waals surface area contributed by atoms with E-state index >= 15 is 0 Å². The van der Waals surface area contributed by atoms with Crippen molar-refractivity contribution in [3.05, 3.63) is 29.8 Å². The summed E-state index contributed by atoms with van der Waals surface area (Å²) in [7, 11) is 0. The molecule has 1 fully saturated rings. The molecular weight excluding hydrogens is 318 g/mol. The van der Waals surface area contributed by atoms with E-state index < -0.39 is 0 Å². The topological polar surface area (TPSA) is 79.5 Å². The van der Waals surface area contributed by atoms with Crippen LogP contribution in [0.5, 0.6) is 0 Å². The number of hydrogen-bond acceptors (Lipinski definition) is 4. The molecule has 2 atom stereocenters. The van der Waals surface area contributed by atoms with E-state index in [1.807, 2.05) is 13.8 Å². The third kappa shape index (κ3) is 5.49. The van der Waals surface area contributed by atoms with Crippen molar-refractivity contribution in [2.45, 2.75) is 32.4 Å². The minimum atomic E-state index is -0.383. The number of morpholine rings is 1. The number of carbonyl (C=O) groups is 2. The summed E-state index contributed by atoms with van der Waals surface area (Å²) in [6.07, 6.45) is 0.706. The van der Waals surface area contributed by atoms with Gasteiger partial charge in [-0.2, -0.15) is 0 Å². The predicted molar refractivity (Wildman–Crippen MR) is 92.1 cm³/mol. The SMILES string of the molecule is CCCNC(=O)c1cccc(NC(=O)[C@H]2NCCO[C@@H]2C)c1.Cl. The molecule has 1 heterocycles. The van der Waals surface area contributed by atoms with E-state index in [4.69, 9.17) is 4.74 Å². The molecule has 0 saturated carbocycles. The van der Waals surface area contributed by atoms with Crippen LogP contribution in [-0.2, 0) is 9.53 Å². The second-order valence-electron chi connectivity index (χ2n) is 5.33. The second-order valence-corrected chi connectivity index (χ2v) is 5.33. The van der Waals surface area contributed by atoms with Gasteiger partial charge in [0.1, 0.15) is 6.04 Å². The number of benzene rings is 1. The van der Waals surface area contributed by atoms with Gasteiger partial charge in [-0.25, -0.2) is 0 Å². The molecule has 23 heavy (non-hydrogen) atoms. The molecule has 1 aliphatic rings. The van der Waals surface area contributed by atoms with E-state index in [0.717, 1.165) is 6.42 Å². The number of carbonyl (C=O) groups excluding carboxylic acids is 2. The number of rotatable bonds is 5.